The van der Waals surface area contributed by atoms with Crippen molar-refractivity contribution in [2.45, 2.75) is 0 Å². The van der Waals surface area contributed by atoms with Gasteiger partial charge < -0.3 is 15.1 Å². The molecule has 32 valence electrons. The van der Waals surface area contributed by atoms with E-state index in [0.29, 0.717) is 0 Å². The van der Waals surface area contributed by atoms with Crippen molar-refractivity contribution in [2.75, 3.05) is 0 Å². The van der Waals surface area contributed by atoms with Gasteiger partial charge >= 0.3 is 93.9 Å². The first-order chi connectivity index (χ1) is 1.73. The van der Waals surface area contributed by atoms with E-state index in [0.717, 1.165) is 0 Å². The molecule has 0 aromatic heterocycles. The summed E-state index contributed by atoms with van der Waals surface area (Å²) >= 11 is 0. The van der Waals surface area contributed by atoms with Crippen molar-refractivity contribution in [1.29, 1.82) is 0 Å². The molecule has 0 spiro atoms. The number of hydrogen-bond donors (Lipinski definition) is 3. The summed E-state index contributed by atoms with van der Waals surface area (Å²) in [6.07, 6.45) is 0. The Hall–Kier alpha value is 2.78. The normalized spacial score (nSPS) is 4.50. The van der Waals surface area contributed by atoms with Gasteiger partial charge in [-0.3, -0.25) is 0 Å². The zero-order valence-corrected chi connectivity index (χ0v) is 1.92. The fourth-order valence-electron chi connectivity index (χ4n) is 0. The summed E-state index contributed by atoms with van der Waals surface area (Å²) in [5.41, 5.74) is 0. The van der Waals surface area contributed by atoms with E-state index >= 15 is 0 Å². The molecule has 6 heteroatoms. The predicted octanol–water partition coefficient (Wildman–Crippen LogP) is -3.88. The monoisotopic (exact) mass is 244 g/mol. The Balaban J connectivity index is -0.0000000450. The third kappa shape index (κ3) is 29.3. The van der Waals surface area contributed by atoms with Gasteiger partial charge in [0.1, 0.15) is 0 Å². The molecule has 0 aromatic carbocycles. The third-order valence-corrected chi connectivity index (χ3v) is 0. The van der Waals surface area contributed by atoms with E-state index in [2.05, 4.69) is 0 Å². The van der Waals surface area contributed by atoms with Crippen molar-refractivity contribution in [3.63, 3.8) is 0 Å². The van der Waals surface area contributed by atoms with Crippen LogP contribution in [0.25, 0.3) is 0 Å². The minimum atomic E-state index is -2.17. The molecule has 0 bridgehead atoms. The van der Waals surface area contributed by atoms with Crippen LogP contribution in [0.15, 0.2) is 0 Å². The molecule has 0 aliphatic heterocycles. The summed E-state index contributed by atoms with van der Waals surface area (Å²) in [5.74, 6) is 0. The molecule has 6 heavy (non-hydrogen) atoms. The third-order valence-electron chi connectivity index (χ3n) is 0. The zero-order chi connectivity index (χ0) is 3.58. The van der Waals surface area contributed by atoms with Crippen LogP contribution in [-0.2, 0) is 0 Å². The van der Waals surface area contributed by atoms with Gasteiger partial charge in [0, 0.05) is 0 Å². The molecule has 0 saturated heterocycles. The Morgan fingerprint density at radius 2 is 1.00 bits per heavy atom. The van der Waals surface area contributed by atoms with Gasteiger partial charge in [0.05, 0.1) is 0 Å². The van der Waals surface area contributed by atoms with Crippen LogP contribution in [0.3, 0.4) is 0 Å². The van der Waals surface area contributed by atoms with E-state index in [1.807, 2.05) is 0 Å². The average Bonchev–Trinajstić information content (AvgIpc) is 0.811. The zero-order valence-electron chi connectivity index (χ0n) is 1.92. The SMILES string of the molecule is OB(O)O.[BaH2].[CaH2]. The molecular formula is H7BBaCaO3. The Morgan fingerprint density at radius 1 is 1.00 bits per heavy atom. The second-order valence-corrected chi connectivity index (χ2v) is 0.346. The number of rotatable bonds is 0. The molecule has 0 heterocycles. The van der Waals surface area contributed by atoms with Crippen LogP contribution in [0.2, 0.25) is 0 Å². The van der Waals surface area contributed by atoms with Crippen LogP contribution < -0.4 is 0 Å². The van der Waals surface area contributed by atoms with Gasteiger partial charge in [-0.25, -0.2) is 0 Å². The van der Waals surface area contributed by atoms with Crippen molar-refractivity contribution in [3.05, 3.63) is 0 Å². The standard InChI is InChI=1S/BH3O3.Ba.Ca.4H/c2-1(3)4;;;;;;/h2-4H;;;;;;. The van der Waals surface area contributed by atoms with Crippen LogP contribution in [0.1, 0.15) is 0 Å². The molecule has 0 rings (SSSR count). The van der Waals surface area contributed by atoms with Gasteiger partial charge in [-0.05, 0) is 0 Å². The van der Waals surface area contributed by atoms with Gasteiger partial charge in [0.2, 0.25) is 0 Å². The van der Waals surface area contributed by atoms with Crippen molar-refractivity contribution < 1.29 is 15.1 Å². The summed E-state index contributed by atoms with van der Waals surface area (Å²) in [5, 5.41) is 21.5. The van der Waals surface area contributed by atoms with E-state index in [1.165, 1.54) is 0 Å². The molecule has 0 atom stereocenters. The molecule has 3 N–H and O–H groups in total. The van der Waals surface area contributed by atoms with Crippen molar-refractivity contribution >= 4 is 93.9 Å². The summed E-state index contributed by atoms with van der Waals surface area (Å²) < 4.78 is 0. The van der Waals surface area contributed by atoms with E-state index in [1.54, 1.807) is 0 Å². The molecular weight excluding hydrogens is 236 g/mol. The van der Waals surface area contributed by atoms with E-state index < -0.39 is 7.32 Å². The van der Waals surface area contributed by atoms with Crippen molar-refractivity contribution in [1.82, 2.24) is 0 Å². The summed E-state index contributed by atoms with van der Waals surface area (Å²) in [6, 6.07) is 0. The van der Waals surface area contributed by atoms with E-state index in [9.17, 15) is 0 Å². The van der Waals surface area contributed by atoms with Crippen LogP contribution in [-0.4, -0.2) is 109 Å². The Bertz CT molecular complexity index is 15.5. The summed E-state index contributed by atoms with van der Waals surface area (Å²) in [6.45, 7) is 0. The first-order valence-corrected chi connectivity index (χ1v) is 0.775. The predicted molar refractivity (Wildman–Crippen MR) is 29.5 cm³/mol. The Kier molecular flexibility index (Phi) is 28.4. The summed E-state index contributed by atoms with van der Waals surface area (Å²) in [4.78, 5) is 0. The molecule has 0 aromatic rings. The fourth-order valence-corrected chi connectivity index (χ4v) is 0. The second kappa shape index (κ2) is 10.7. The van der Waals surface area contributed by atoms with Gasteiger partial charge in [-0.15, -0.1) is 0 Å². The van der Waals surface area contributed by atoms with Gasteiger partial charge in [0.15, 0.2) is 0 Å². The van der Waals surface area contributed by atoms with Crippen LogP contribution in [0.4, 0.5) is 0 Å². The maximum atomic E-state index is 7.17. The quantitative estimate of drug-likeness (QED) is 0.381. The fraction of sp³-hybridized carbons (Fsp3) is 0. The van der Waals surface area contributed by atoms with Crippen LogP contribution >= 0.6 is 0 Å². The van der Waals surface area contributed by atoms with Crippen molar-refractivity contribution in [3.8, 4) is 0 Å². The second-order valence-electron chi connectivity index (χ2n) is 0.346. The Morgan fingerprint density at radius 3 is 1.00 bits per heavy atom. The van der Waals surface area contributed by atoms with Gasteiger partial charge in [-0.1, -0.05) is 0 Å². The molecule has 0 aliphatic rings. The average molecular weight is 243 g/mol. The first kappa shape index (κ1) is 15.9. The molecule has 0 amide bonds. The van der Waals surface area contributed by atoms with Gasteiger partial charge in [-0.2, -0.15) is 0 Å². The van der Waals surface area contributed by atoms with Crippen LogP contribution in [0, 0.1) is 0 Å². The minimum absolute atomic E-state index is 0. The molecule has 0 radical (unpaired) electrons. The molecule has 0 saturated carbocycles. The molecule has 0 fully saturated rings. The molecule has 3 nitrogen and oxygen atoms in total. The van der Waals surface area contributed by atoms with Gasteiger partial charge in [0.25, 0.3) is 0 Å². The number of hydrogen-bond acceptors (Lipinski definition) is 3. The molecule has 0 aliphatic carbocycles. The summed E-state index contributed by atoms with van der Waals surface area (Å²) in [7, 11) is -2.17. The first-order valence-electron chi connectivity index (χ1n) is 0.775. The van der Waals surface area contributed by atoms with E-state index in [-0.39, 0.29) is 86.6 Å². The van der Waals surface area contributed by atoms with Crippen molar-refractivity contribution in [2.24, 2.45) is 0 Å². The molecule has 0 unspecified atom stereocenters. The van der Waals surface area contributed by atoms with Crippen LogP contribution in [0.5, 0.6) is 0 Å². The Labute approximate surface area is 106 Å². The van der Waals surface area contributed by atoms with E-state index in [4.69, 9.17) is 15.1 Å². The topological polar surface area (TPSA) is 60.7 Å². The maximum absolute atomic E-state index is 7.17.